The van der Waals surface area contributed by atoms with Gasteiger partial charge in [-0.2, -0.15) is 0 Å². The van der Waals surface area contributed by atoms with Crippen molar-refractivity contribution in [1.82, 2.24) is 20.5 Å². The van der Waals surface area contributed by atoms with Gasteiger partial charge in [-0.15, -0.1) is 5.10 Å². The van der Waals surface area contributed by atoms with Gasteiger partial charge < -0.3 is 10.1 Å². The molecule has 5 aliphatic rings. The summed E-state index contributed by atoms with van der Waals surface area (Å²) in [5.74, 6) is 3.87. The van der Waals surface area contributed by atoms with Crippen LogP contribution in [0.25, 0.3) is 0 Å². The van der Waals surface area contributed by atoms with Crippen molar-refractivity contribution in [2.45, 2.75) is 68.2 Å². The Hall–Kier alpha value is -1.08. The number of thioether (sulfide) groups is 1. The van der Waals surface area contributed by atoms with Gasteiger partial charge in [0, 0.05) is 12.1 Å². The first-order chi connectivity index (χ1) is 12.2. The van der Waals surface area contributed by atoms with Gasteiger partial charge in [0.05, 0.1) is 5.75 Å². The van der Waals surface area contributed by atoms with Crippen LogP contribution in [0.3, 0.4) is 0 Å². The minimum absolute atomic E-state index is 0.0442. The molecule has 1 aromatic rings. The second-order valence-corrected chi connectivity index (χ2v) is 9.48. The maximum Gasteiger partial charge on any atom is 0.230 e. The van der Waals surface area contributed by atoms with Gasteiger partial charge in [0.15, 0.2) is 5.82 Å². The molecule has 4 saturated carbocycles. The van der Waals surface area contributed by atoms with Crippen LogP contribution in [0, 0.1) is 17.8 Å². The zero-order valence-electron chi connectivity index (χ0n) is 14.5. The first-order valence-electron chi connectivity index (χ1n) is 9.65. The Morgan fingerprint density at radius 2 is 1.96 bits per heavy atom. The number of carbonyl (C=O) groups excluding carboxylic acids is 1. The van der Waals surface area contributed by atoms with Gasteiger partial charge in [-0.1, -0.05) is 11.8 Å². The molecular weight excluding hydrogens is 336 g/mol. The summed E-state index contributed by atoms with van der Waals surface area (Å²) in [7, 11) is 0. The molecule has 5 fully saturated rings. The summed E-state index contributed by atoms with van der Waals surface area (Å²) in [5, 5.41) is 11.2. The van der Waals surface area contributed by atoms with Gasteiger partial charge in [-0.3, -0.25) is 9.89 Å². The lowest BCUT2D eigenvalue weighted by molar-refractivity contribution is -0.124. The lowest BCUT2D eigenvalue weighted by Gasteiger charge is -2.56. The molecule has 4 bridgehead atoms. The smallest absolute Gasteiger partial charge is 0.230 e. The number of carbonyl (C=O) groups is 1. The fourth-order valence-electron chi connectivity index (χ4n) is 5.99. The molecule has 1 saturated heterocycles. The average Bonchev–Trinajstić information content (AvgIpc) is 3.22. The van der Waals surface area contributed by atoms with Crippen molar-refractivity contribution in [3.63, 3.8) is 0 Å². The van der Waals surface area contributed by atoms with E-state index in [0.29, 0.717) is 10.9 Å². The summed E-state index contributed by atoms with van der Waals surface area (Å²) in [5.41, 5.74) is 0.0915. The Balaban J connectivity index is 1.16. The lowest BCUT2D eigenvalue weighted by Crippen LogP contribution is -2.60. The number of hydrogen-bond acceptors (Lipinski definition) is 5. The van der Waals surface area contributed by atoms with Crippen molar-refractivity contribution in [2.75, 3.05) is 12.4 Å². The van der Waals surface area contributed by atoms with Crippen molar-refractivity contribution in [2.24, 2.45) is 17.8 Å². The van der Waals surface area contributed by atoms with Gasteiger partial charge in [0.25, 0.3) is 0 Å². The minimum atomic E-state index is 0.0442. The molecule has 2 N–H and O–H groups in total. The summed E-state index contributed by atoms with van der Waals surface area (Å²) in [6.07, 6.45) is 9.88. The Bertz CT molecular complexity index is 620. The molecular formula is C18H26N4O2S. The molecule has 1 aliphatic heterocycles. The van der Waals surface area contributed by atoms with E-state index in [1.165, 1.54) is 50.3 Å². The van der Waals surface area contributed by atoms with Crippen LogP contribution in [-0.2, 0) is 9.53 Å². The van der Waals surface area contributed by atoms with Crippen molar-refractivity contribution in [3.05, 3.63) is 5.82 Å². The molecule has 4 aliphatic carbocycles. The van der Waals surface area contributed by atoms with Crippen molar-refractivity contribution in [3.8, 4) is 0 Å². The number of nitrogens with zero attached hydrogens (tertiary/aromatic N) is 2. The second-order valence-electron chi connectivity index (χ2n) is 8.54. The van der Waals surface area contributed by atoms with Crippen LogP contribution in [0.4, 0.5) is 0 Å². The number of aromatic amines is 1. The van der Waals surface area contributed by atoms with Crippen molar-refractivity contribution < 1.29 is 9.53 Å². The fourth-order valence-corrected chi connectivity index (χ4v) is 6.59. The predicted molar refractivity (Wildman–Crippen MR) is 94.1 cm³/mol. The third kappa shape index (κ3) is 3.21. The number of aromatic nitrogens is 3. The van der Waals surface area contributed by atoms with Crippen LogP contribution >= 0.6 is 11.8 Å². The topological polar surface area (TPSA) is 79.9 Å². The summed E-state index contributed by atoms with van der Waals surface area (Å²) in [4.78, 5) is 17.0. The molecule has 0 radical (unpaired) electrons. The normalized spacial score (nSPS) is 39.0. The van der Waals surface area contributed by atoms with Gasteiger partial charge in [0.1, 0.15) is 6.10 Å². The van der Waals surface area contributed by atoms with Crippen molar-refractivity contribution >= 4 is 17.7 Å². The maximum absolute atomic E-state index is 12.5. The Morgan fingerprint density at radius 1 is 1.24 bits per heavy atom. The molecule has 25 heavy (non-hydrogen) atoms. The van der Waals surface area contributed by atoms with Crippen LogP contribution < -0.4 is 5.32 Å². The van der Waals surface area contributed by atoms with E-state index in [0.717, 1.165) is 43.0 Å². The van der Waals surface area contributed by atoms with Crippen molar-refractivity contribution in [1.29, 1.82) is 0 Å². The summed E-state index contributed by atoms with van der Waals surface area (Å²) >= 11 is 1.42. The first kappa shape index (κ1) is 16.1. The van der Waals surface area contributed by atoms with E-state index < -0.39 is 0 Å². The van der Waals surface area contributed by atoms with Crippen LogP contribution in [0.2, 0.25) is 0 Å². The van der Waals surface area contributed by atoms with E-state index >= 15 is 0 Å². The largest absolute Gasteiger partial charge is 0.370 e. The van der Waals surface area contributed by atoms with E-state index in [1.807, 2.05) is 0 Å². The molecule has 1 amide bonds. The monoisotopic (exact) mass is 362 g/mol. The quantitative estimate of drug-likeness (QED) is 0.788. The van der Waals surface area contributed by atoms with Gasteiger partial charge >= 0.3 is 0 Å². The van der Waals surface area contributed by atoms with Gasteiger partial charge in [0.2, 0.25) is 11.1 Å². The molecule has 0 aromatic carbocycles. The van der Waals surface area contributed by atoms with E-state index in [4.69, 9.17) is 4.74 Å². The summed E-state index contributed by atoms with van der Waals surface area (Å²) < 4.78 is 5.61. The van der Waals surface area contributed by atoms with E-state index in [1.54, 1.807) is 0 Å². The van der Waals surface area contributed by atoms with Crippen LogP contribution in [0.5, 0.6) is 0 Å². The second kappa shape index (κ2) is 6.27. The standard InChI is InChI=1S/C18H26N4O2S/c23-15(10-25-17-19-16(21-22-17)14-2-1-3-24-14)20-18-7-11-4-12(8-18)6-13(5-11)9-18/h11-14H,1-10H2,(H,20,23)(H,19,21,22). The number of rotatable bonds is 5. The molecule has 0 spiro atoms. The third-order valence-electron chi connectivity index (χ3n) is 6.49. The van der Waals surface area contributed by atoms with E-state index in [-0.39, 0.29) is 17.6 Å². The Morgan fingerprint density at radius 3 is 2.60 bits per heavy atom. The number of nitrogens with one attached hydrogen (secondary N) is 2. The molecule has 136 valence electrons. The highest BCUT2D eigenvalue weighted by molar-refractivity contribution is 7.99. The number of amides is 1. The first-order valence-corrected chi connectivity index (χ1v) is 10.6. The van der Waals surface area contributed by atoms with Crippen LogP contribution in [-0.4, -0.2) is 39.0 Å². The molecule has 6 rings (SSSR count). The van der Waals surface area contributed by atoms with E-state index in [9.17, 15) is 4.79 Å². The molecule has 2 heterocycles. The number of hydrogen-bond donors (Lipinski definition) is 2. The van der Waals surface area contributed by atoms with Crippen LogP contribution in [0.15, 0.2) is 5.16 Å². The highest BCUT2D eigenvalue weighted by Crippen LogP contribution is 2.55. The Labute approximate surface area is 152 Å². The average molecular weight is 362 g/mol. The summed E-state index contributed by atoms with van der Waals surface area (Å²) in [6.45, 7) is 0.793. The third-order valence-corrected chi connectivity index (χ3v) is 7.34. The van der Waals surface area contributed by atoms with Crippen LogP contribution in [0.1, 0.15) is 63.3 Å². The minimum Gasteiger partial charge on any atom is -0.370 e. The lowest BCUT2D eigenvalue weighted by atomic mass is 9.53. The molecule has 1 aromatic heterocycles. The van der Waals surface area contributed by atoms with Gasteiger partial charge in [-0.25, -0.2) is 4.98 Å². The number of ether oxygens (including phenoxy) is 1. The van der Waals surface area contributed by atoms with E-state index in [2.05, 4.69) is 20.5 Å². The fraction of sp³-hybridized carbons (Fsp3) is 0.833. The molecule has 7 heteroatoms. The zero-order chi connectivity index (χ0) is 16.9. The predicted octanol–water partition coefficient (Wildman–Crippen LogP) is 2.83. The summed E-state index contributed by atoms with van der Waals surface area (Å²) in [6, 6.07) is 0. The zero-order valence-corrected chi connectivity index (χ0v) is 15.3. The van der Waals surface area contributed by atoms with Gasteiger partial charge in [-0.05, 0) is 69.1 Å². The molecule has 6 nitrogen and oxygen atoms in total. The number of H-pyrrole nitrogens is 1. The maximum atomic E-state index is 12.5. The molecule has 1 atom stereocenters. The Kier molecular flexibility index (Phi) is 4.04. The highest BCUT2D eigenvalue weighted by atomic mass is 32.2. The molecule has 1 unspecified atom stereocenters. The highest BCUT2D eigenvalue weighted by Gasteiger charge is 2.51. The SMILES string of the molecule is O=C(CSc1n[nH]c(C2CCCO2)n1)NC12CC3CC(CC(C3)C1)C2.